The van der Waals surface area contributed by atoms with E-state index in [-0.39, 0.29) is 18.6 Å². The quantitative estimate of drug-likeness (QED) is 0.710. The zero-order chi connectivity index (χ0) is 14.9. The van der Waals surface area contributed by atoms with Gasteiger partial charge in [-0.25, -0.2) is 5.43 Å². The average molecular weight is 282 g/mol. The molecule has 0 aliphatic carbocycles. The number of hydrogen-bond donors (Lipinski definition) is 3. The third-order valence-electron chi connectivity index (χ3n) is 2.92. The number of hydrogen-bond acceptors (Lipinski definition) is 3. The number of carbonyl (C=O) groups excluding carboxylic acids is 1. The van der Waals surface area contributed by atoms with Crippen molar-refractivity contribution in [3.8, 4) is 0 Å². The average Bonchev–Trinajstić information content (AvgIpc) is 2.56. The number of benzene rings is 2. The highest BCUT2D eigenvalue weighted by Crippen LogP contribution is 2.02. The van der Waals surface area contributed by atoms with Gasteiger partial charge in [0.05, 0.1) is 12.6 Å². The Morgan fingerprint density at radius 3 is 2.29 bits per heavy atom. The Balaban J connectivity index is 1.88. The second-order valence-electron chi connectivity index (χ2n) is 4.52. The van der Waals surface area contributed by atoms with Crippen LogP contribution in [0.1, 0.15) is 15.9 Å². The van der Waals surface area contributed by atoms with Gasteiger partial charge in [0.1, 0.15) is 0 Å². The van der Waals surface area contributed by atoms with Gasteiger partial charge in [-0.2, -0.15) is 0 Å². The molecule has 0 aliphatic heterocycles. The molecule has 108 valence electrons. The van der Waals surface area contributed by atoms with Gasteiger partial charge < -0.3 is 5.11 Å². The second kappa shape index (κ2) is 7.99. The summed E-state index contributed by atoms with van der Waals surface area (Å²) in [5, 5.41) is 9.32. The van der Waals surface area contributed by atoms with Crippen LogP contribution < -0.4 is 10.9 Å². The summed E-state index contributed by atoms with van der Waals surface area (Å²) in [4.78, 5) is 11.9. The van der Waals surface area contributed by atoms with Gasteiger partial charge in [0, 0.05) is 5.56 Å². The van der Waals surface area contributed by atoms with E-state index in [1.807, 2.05) is 42.5 Å². The van der Waals surface area contributed by atoms with Crippen LogP contribution in [0, 0.1) is 0 Å². The summed E-state index contributed by atoms with van der Waals surface area (Å²) in [6, 6.07) is 18.3. The summed E-state index contributed by atoms with van der Waals surface area (Å²) in [6.45, 7) is -0.113. The van der Waals surface area contributed by atoms with Crippen molar-refractivity contribution in [2.45, 2.75) is 6.04 Å². The van der Waals surface area contributed by atoms with Gasteiger partial charge in [-0.05, 0) is 17.7 Å². The van der Waals surface area contributed by atoms with E-state index in [1.54, 1.807) is 30.3 Å². The molecule has 0 aromatic heterocycles. The predicted octanol–water partition coefficient (Wildman–Crippen LogP) is 2.00. The van der Waals surface area contributed by atoms with E-state index in [9.17, 15) is 9.90 Å². The van der Waals surface area contributed by atoms with Gasteiger partial charge in [-0.3, -0.25) is 10.2 Å². The molecule has 0 aliphatic rings. The van der Waals surface area contributed by atoms with E-state index < -0.39 is 0 Å². The lowest BCUT2D eigenvalue weighted by Crippen LogP contribution is -2.45. The van der Waals surface area contributed by atoms with Gasteiger partial charge in [0.2, 0.25) is 0 Å². The SMILES string of the molecule is O=C(NNC(/C=C/c1ccccc1)CO)c1ccccc1. The van der Waals surface area contributed by atoms with Gasteiger partial charge >= 0.3 is 0 Å². The van der Waals surface area contributed by atoms with Crippen LogP contribution in [0.15, 0.2) is 66.7 Å². The van der Waals surface area contributed by atoms with Crippen LogP contribution in [0.25, 0.3) is 6.08 Å². The molecule has 3 N–H and O–H groups in total. The Labute approximate surface area is 124 Å². The van der Waals surface area contributed by atoms with Crippen LogP contribution in [0.3, 0.4) is 0 Å². The fourth-order valence-corrected chi connectivity index (χ4v) is 1.77. The fourth-order valence-electron chi connectivity index (χ4n) is 1.77. The smallest absolute Gasteiger partial charge is 0.265 e. The zero-order valence-electron chi connectivity index (χ0n) is 11.6. The monoisotopic (exact) mass is 282 g/mol. The molecule has 0 saturated heterocycles. The molecule has 0 fully saturated rings. The molecule has 2 aromatic carbocycles. The zero-order valence-corrected chi connectivity index (χ0v) is 11.6. The van der Waals surface area contributed by atoms with E-state index in [0.29, 0.717) is 5.56 Å². The maximum atomic E-state index is 11.9. The van der Waals surface area contributed by atoms with Gasteiger partial charge in [0.25, 0.3) is 5.91 Å². The molecule has 2 aromatic rings. The largest absolute Gasteiger partial charge is 0.394 e. The maximum absolute atomic E-state index is 11.9. The first kappa shape index (κ1) is 15.0. The molecular formula is C17H18N2O2. The summed E-state index contributed by atoms with van der Waals surface area (Å²) < 4.78 is 0. The number of amides is 1. The molecule has 1 atom stereocenters. The van der Waals surface area contributed by atoms with Crippen LogP contribution in [-0.4, -0.2) is 23.7 Å². The summed E-state index contributed by atoms with van der Waals surface area (Å²) in [7, 11) is 0. The number of nitrogens with one attached hydrogen (secondary N) is 2. The van der Waals surface area contributed by atoms with E-state index >= 15 is 0 Å². The normalized spacial score (nSPS) is 12.2. The molecule has 1 amide bonds. The summed E-state index contributed by atoms with van der Waals surface area (Å²) >= 11 is 0. The summed E-state index contributed by atoms with van der Waals surface area (Å²) in [6.07, 6.45) is 3.70. The lowest BCUT2D eigenvalue weighted by Gasteiger charge is -2.13. The standard InChI is InChI=1S/C17H18N2O2/c20-13-16(12-11-14-7-3-1-4-8-14)18-19-17(21)15-9-5-2-6-10-15/h1-12,16,18,20H,13H2,(H,19,21)/b12-11+. The minimum absolute atomic E-state index is 0.113. The van der Waals surface area contributed by atoms with Gasteiger partial charge in [0.15, 0.2) is 0 Å². The Morgan fingerprint density at radius 1 is 1.05 bits per heavy atom. The minimum Gasteiger partial charge on any atom is -0.394 e. The Hall–Kier alpha value is -2.43. The number of aliphatic hydroxyl groups is 1. The molecule has 2 rings (SSSR count). The number of rotatable bonds is 6. The molecule has 0 radical (unpaired) electrons. The third kappa shape index (κ3) is 4.87. The van der Waals surface area contributed by atoms with Crippen molar-refractivity contribution >= 4 is 12.0 Å². The van der Waals surface area contributed by atoms with Crippen LogP contribution in [-0.2, 0) is 0 Å². The van der Waals surface area contributed by atoms with Crippen molar-refractivity contribution in [2.24, 2.45) is 0 Å². The van der Waals surface area contributed by atoms with Crippen molar-refractivity contribution in [1.29, 1.82) is 0 Å². The first-order valence-corrected chi connectivity index (χ1v) is 6.74. The fraction of sp³-hybridized carbons (Fsp3) is 0.118. The molecule has 0 spiro atoms. The predicted molar refractivity (Wildman–Crippen MR) is 83.4 cm³/mol. The lowest BCUT2D eigenvalue weighted by molar-refractivity contribution is 0.0922. The number of hydrazine groups is 1. The van der Waals surface area contributed by atoms with E-state index in [2.05, 4.69) is 10.9 Å². The second-order valence-corrected chi connectivity index (χ2v) is 4.52. The summed E-state index contributed by atoms with van der Waals surface area (Å²) in [5.41, 5.74) is 6.99. The van der Waals surface area contributed by atoms with E-state index in [0.717, 1.165) is 5.56 Å². The molecule has 21 heavy (non-hydrogen) atoms. The molecule has 0 bridgehead atoms. The molecule has 1 unspecified atom stereocenters. The van der Waals surface area contributed by atoms with E-state index in [4.69, 9.17) is 0 Å². The highest BCUT2D eigenvalue weighted by molar-refractivity contribution is 5.93. The number of carbonyl (C=O) groups is 1. The highest BCUT2D eigenvalue weighted by atomic mass is 16.3. The van der Waals surface area contributed by atoms with Crippen molar-refractivity contribution in [3.05, 3.63) is 77.9 Å². The molecule has 4 heteroatoms. The molecular weight excluding hydrogens is 264 g/mol. The third-order valence-corrected chi connectivity index (χ3v) is 2.92. The highest BCUT2D eigenvalue weighted by Gasteiger charge is 2.06. The minimum atomic E-state index is -0.349. The molecule has 4 nitrogen and oxygen atoms in total. The lowest BCUT2D eigenvalue weighted by atomic mass is 10.2. The van der Waals surface area contributed by atoms with Crippen LogP contribution >= 0.6 is 0 Å². The Bertz CT molecular complexity index is 582. The van der Waals surface area contributed by atoms with Crippen molar-refractivity contribution in [3.63, 3.8) is 0 Å². The van der Waals surface area contributed by atoms with Crippen molar-refractivity contribution in [2.75, 3.05) is 6.61 Å². The molecule has 0 heterocycles. The Morgan fingerprint density at radius 2 is 1.67 bits per heavy atom. The van der Waals surface area contributed by atoms with Crippen molar-refractivity contribution < 1.29 is 9.90 Å². The van der Waals surface area contributed by atoms with Gasteiger partial charge in [-0.1, -0.05) is 60.7 Å². The van der Waals surface area contributed by atoms with E-state index in [1.165, 1.54) is 0 Å². The molecule has 0 saturated carbocycles. The summed E-state index contributed by atoms with van der Waals surface area (Å²) in [5.74, 6) is -0.234. The van der Waals surface area contributed by atoms with Crippen molar-refractivity contribution in [1.82, 2.24) is 10.9 Å². The Kier molecular flexibility index (Phi) is 5.70. The van der Waals surface area contributed by atoms with Crippen LogP contribution in [0.5, 0.6) is 0 Å². The topological polar surface area (TPSA) is 61.4 Å². The maximum Gasteiger partial charge on any atom is 0.265 e. The van der Waals surface area contributed by atoms with Gasteiger partial charge in [-0.15, -0.1) is 0 Å². The first-order chi connectivity index (χ1) is 10.3. The van der Waals surface area contributed by atoms with Crippen LogP contribution in [0.4, 0.5) is 0 Å². The van der Waals surface area contributed by atoms with Crippen LogP contribution in [0.2, 0.25) is 0 Å². The number of aliphatic hydroxyl groups excluding tert-OH is 1. The first-order valence-electron chi connectivity index (χ1n) is 6.74.